The molecular weight excluding hydrogens is 402 g/mol. The van der Waals surface area contributed by atoms with E-state index in [0.29, 0.717) is 19.1 Å². The minimum absolute atomic E-state index is 0.0349. The Kier molecular flexibility index (Phi) is 5.87. The number of aromatic nitrogens is 2. The standard InChI is InChI=1S/C25H27N5O2/c31-24-23(19-8-4-3-5-9-19)30-17-20-16-21(10-11-22(20)27-25(30)28-24)32-15-7-2-1-6-13-29-14-12-26-18-29/h3-5,8-12,14,16,18,23H,1-2,6-7,13,15,17H2,(H,27,28,31). The van der Waals surface area contributed by atoms with Gasteiger partial charge in [0.15, 0.2) is 0 Å². The molecule has 164 valence electrons. The van der Waals surface area contributed by atoms with Crippen LogP contribution in [0.1, 0.15) is 42.9 Å². The van der Waals surface area contributed by atoms with Crippen LogP contribution < -0.4 is 10.1 Å². The van der Waals surface area contributed by atoms with Crippen LogP contribution in [-0.4, -0.2) is 32.9 Å². The number of fused-ring (bicyclic) bond motifs is 2. The van der Waals surface area contributed by atoms with Gasteiger partial charge in [-0.05, 0) is 36.6 Å². The summed E-state index contributed by atoms with van der Waals surface area (Å²) in [6.45, 7) is 2.35. The Hall–Kier alpha value is -3.61. The van der Waals surface area contributed by atoms with E-state index < -0.39 is 0 Å². The topological polar surface area (TPSA) is 71.7 Å². The van der Waals surface area contributed by atoms with Crippen LogP contribution >= 0.6 is 0 Å². The largest absolute Gasteiger partial charge is 0.494 e. The first-order chi connectivity index (χ1) is 15.8. The maximum absolute atomic E-state index is 12.6. The number of ether oxygens (including phenoxy) is 1. The maximum atomic E-state index is 12.6. The monoisotopic (exact) mass is 429 g/mol. The predicted octanol–water partition coefficient (Wildman–Crippen LogP) is 4.20. The highest BCUT2D eigenvalue weighted by molar-refractivity contribution is 6.08. The van der Waals surface area contributed by atoms with Crippen LogP contribution in [0.5, 0.6) is 5.75 Å². The lowest BCUT2D eigenvalue weighted by atomic mass is 10.0. The highest BCUT2D eigenvalue weighted by Crippen LogP contribution is 2.36. The molecule has 7 nitrogen and oxygen atoms in total. The smallest absolute Gasteiger partial charge is 0.254 e. The Morgan fingerprint density at radius 3 is 2.78 bits per heavy atom. The van der Waals surface area contributed by atoms with Crippen molar-refractivity contribution in [3.8, 4) is 5.75 Å². The van der Waals surface area contributed by atoms with E-state index in [9.17, 15) is 4.79 Å². The maximum Gasteiger partial charge on any atom is 0.254 e. The molecule has 1 aromatic heterocycles. The van der Waals surface area contributed by atoms with Crippen LogP contribution in [0, 0.1) is 0 Å². The van der Waals surface area contributed by atoms with Crippen molar-refractivity contribution in [3.05, 3.63) is 78.4 Å². The fraction of sp³-hybridized carbons (Fsp3) is 0.320. The van der Waals surface area contributed by atoms with Gasteiger partial charge in [-0.25, -0.2) is 9.98 Å². The van der Waals surface area contributed by atoms with Crippen LogP contribution in [0.15, 0.2) is 72.2 Å². The number of unbranched alkanes of at least 4 members (excludes halogenated alkanes) is 3. The number of nitrogens with zero attached hydrogens (tertiary/aromatic N) is 4. The molecule has 2 aliphatic rings. The average Bonchev–Trinajstić information content (AvgIpc) is 3.44. The Morgan fingerprint density at radius 1 is 1.06 bits per heavy atom. The summed E-state index contributed by atoms with van der Waals surface area (Å²) in [4.78, 5) is 23.4. The predicted molar refractivity (Wildman–Crippen MR) is 123 cm³/mol. The number of aryl methyl sites for hydroxylation is 1. The minimum atomic E-state index is -0.352. The lowest BCUT2D eigenvalue weighted by Gasteiger charge is -2.28. The first-order valence-electron chi connectivity index (χ1n) is 11.2. The number of hydrogen-bond donors (Lipinski definition) is 1. The van der Waals surface area contributed by atoms with E-state index in [1.165, 1.54) is 6.42 Å². The third-order valence-electron chi connectivity index (χ3n) is 5.94. The second-order valence-corrected chi connectivity index (χ2v) is 8.22. The summed E-state index contributed by atoms with van der Waals surface area (Å²) in [6.07, 6.45) is 10.2. The van der Waals surface area contributed by atoms with Gasteiger partial charge in [-0.2, -0.15) is 0 Å². The van der Waals surface area contributed by atoms with Gasteiger partial charge in [0.2, 0.25) is 5.96 Å². The van der Waals surface area contributed by atoms with Gasteiger partial charge in [0.25, 0.3) is 5.91 Å². The van der Waals surface area contributed by atoms with Gasteiger partial charge in [0.1, 0.15) is 11.8 Å². The molecular formula is C25H27N5O2. The Labute approximate surface area is 187 Å². The number of aliphatic imine (C=N–C) groups is 1. The number of carbonyl (C=O) groups excluding carboxylic acids is 1. The molecule has 1 N–H and O–H groups in total. The first kappa shape index (κ1) is 20.3. The Bertz CT molecular complexity index is 1090. The van der Waals surface area contributed by atoms with E-state index in [-0.39, 0.29) is 11.9 Å². The fourth-order valence-corrected chi connectivity index (χ4v) is 4.28. The molecule has 0 aliphatic carbocycles. The lowest BCUT2D eigenvalue weighted by Crippen LogP contribution is -2.33. The molecule has 0 radical (unpaired) electrons. The normalized spacial score (nSPS) is 16.9. The van der Waals surface area contributed by atoms with Crippen LogP contribution in [-0.2, 0) is 17.9 Å². The summed E-state index contributed by atoms with van der Waals surface area (Å²) in [6, 6.07) is 15.5. The molecule has 5 rings (SSSR count). The van der Waals surface area contributed by atoms with E-state index in [0.717, 1.165) is 48.4 Å². The molecule has 1 amide bonds. The Morgan fingerprint density at radius 2 is 1.94 bits per heavy atom. The van der Waals surface area contributed by atoms with Crippen molar-refractivity contribution in [1.29, 1.82) is 0 Å². The number of benzene rings is 2. The van der Waals surface area contributed by atoms with Gasteiger partial charge in [-0.1, -0.05) is 43.2 Å². The van der Waals surface area contributed by atoms with Gasteiger partial charge in [0, 0.05) is 31.0 Å². The van der Waals surface area contributed by atoms with Gasteiger partial charge < -0.3 is 14.2 Å². The number of rotatable bonds is 9. The van der Waals surface area contributed by atoms with Crippen molar-refractivity contribution in [3.63, 3.8) is 0 Å². The van der Waals surface area contributed by atoms with Gasteiger partial charge in [-0.3, -0.25) is 10.1 Å². The zero-order valence-corrected chi connectivity index (χ0v) is 18.0. The number of guanidine groups is 1. The molecule has 32 heavy (non-hydrogen) atoms. The van der Waals surface area contributed by atoms with Gasteiger partial charge >= 0.3 is 0 Å². The number of hydrogen-bond acceptors (Lipinski definition) is 5. The summed E-state index contributed by atoms with van der Waals surface area (Å²) in [5.41, 5.74) is 2.93. The molecule has 1 unspecified atom stereocenters. The van der Waals surface area contributed by atoms with Crippen molar-refractivity contribution in [2.75, 3.05) is 6.61 Å². The number of amides is 1. The zero-order valence-electron chi connectivity index (χ0n) is 18.0. The third kappa shape index (κ3) is 4.37. The lowest BCUT2D eigenvalue weighted by molar-refractivity contribution is -0.121. The van der Waals surface area contributed by atoms with Crippen molar-refractivity contribution in [2.24, 2.45) is 4.99 Å². The summed E-state index contributed by atoms with van der Waals surface area (Å²) in [5, 5.41) is 2.93. The SMILES string of the molecule is O=C1NC2=Nc3ccc(OCCCCCCn4ccnc4)cc3CN2C1c1ccccc1. The average molecular weight is 430 g/mol. The molecule has 1 atom stereocenters. The van der Waals surface area contributed by atoms with Crippen LogP contribution in [0.4, 0.5) is 5.69 Å². The highest BCUT2D eigenvalue weighted by Gasteiger charge is 2.39. The molecule has 0 bridgehead atoms. The van der Waals surface area contributed by atoms with E-state index in [1.54, 1.807) is 0 Å². The summed E-state index contributed by atoms with van der Waals surface area (Å²) >= 11 is 0. The third-order valence-corrected chi connectivity index (χ3v) is 5.94. The van der Waals surface area contributed by atoms with Crippen LogP contribution in [0.25, 0.3) is 0 Å². The molecule has 7 heteroatoms. The van der Waals surface area contributed by atoms with Gasteiger partial charge in [-0.15, -0.1) is 0 Å². The van der Waals surface area contributed by atoms with Crippen molar-refractivity contribution >= 4 is 17.6 Å². The summed E-state index contributed by atoms with van der Waals surface area (Å²) in [5.74, 6) is 1.45. The summed E-state index contributed by atoms with van der Waals surface area (Å²) in [7, 11) is 0. The minimum Gasteiger partial charge on any atom is -0.494 e. The number of imidazole rings is 1. The first-order valence-corrected chi connectivity index (χ1v) is 11.2. The van der Waals surface area contributed by atoms with Crippen LogP contribution in [0.2, 0.25) is 0 Å². The highest BCUT2D eigenvalue weighted by atomic mass is 16.5. The number of nitrogens with one attached hydrogen (secondary N) is 1. The molecule has 3 aromatic rings. The molecule has 0 spiro atoms. The van der Waals surface area contributed by atoms with Crippen molar-refractivity contribution < 1.29 is 9.53 Å². The Balaban J connectivity index is 1.15. The van der Waals surface area contributed by atoms with E-state index in [2.05, 4.69) is 25.9 Å². The van der Waals surface area contributed by atoms with Crippen molar-refractivity contribution in [1.82, 2.24) is 19.8 Å². The molecule has 3 heterocycles. The molecule has 1 saturated heterocycles. The number of carbonyl (C=O) groups is 1. The van der Waals surface area contributed by atoms with E-state index in [4.69, 9.17) is 4.74 Å². The fourth-order valence-electron chi connectivity index (χ4n) is 4.28. The zero-order chi connectivity index (χ0) is 21.8. The van der Waals surface area contributed by atoms with E-state index in [1.807, 2.05) is 66.1 Å². The molecule has 0 saturated carbocycles. The molecule has 1 fully saturated rings. The van der Waals surface area contributed by atoms with Crippen molar-refractivity contribution in [2.45, 2.75) is 44.8 Å². The van der Waals surface area contributed by atoms with Gasteiger partial charge in [0.05, 0.1) is 18.6 Å². The second kappa shape index (κ2) is 9.26. The molecule has 2 aliphatic heterocycles. The molecule has 2 aromatic carbocycles. The van der Waals surface area contributed by atoms with Crippen LogP contribution in [0.3, 0.4) is 0 Å². The second-order valence-electron chi connectivity index (χ2n) is 8.22. The van der Waals surface area contributed by atoms with E-state index >= 15 is 0 Å². The quantitative estimate of drug-likeness (QED) is 0.518. The summed E-state index contributed by atoms with van der Waals surface area (Å²) < 4.78 is 8.12.